The lowest BCUT2D eigenvalue weighted by atomic mass is 9.39. The Kier molecular flexibility index (Phi) is 9.75. The molecule has 0 aromatic heterocycles. The van der Waals surface area contributed by atoms with Gasteiger partial charge in [0, 0.05) is 36.9 Å². The number of Topliss-reactive ketones (excluding diaryl/α,β-unsaturated/α-hetero) is 1. The van der Waals surface area contributed by atoms with Gasteiger partial charge in [0.15, 0.2) is 17.5 Å². The Hall–Kier alpha value is -2.01. The molecule has 44 heavy (non-hydrogen) atoms. The van der Waals surface area contributed by atoms with E-state index in [2.05, 4.69) is 11.5 Å². The summed E-state index contributed by atoms with van der Waals surface area (Å²) in [7, 11) is 0. The number of ketones is 1. The zero-order chi connectivity index (χ0) is 32.9. The highest BCUT2D eigenvalue weighted by Gasteiger charge is 2.82. The topological polar surface area (TPSA) is 126 Å². The van der Waals surface area contributed by atoms with Crippen LogP contribution in [0.1, 0.15) is 100 Å². The van der Waals surface area contributed by atoms with Gasteiger partial charge >= 0.3 is 12.1 Å². The second-order valence-corrected chi connectivity index (χ2v) is 14.9. The van der Waals surface area contributed by atoms with E-state index in [1.807, 2.05) is 34.6 Å². The highest BCUT2D eigenvalue weighted by Crippen LogP contribution is 2.67. The van der Waals surface area contributed by atoms with E-state index in [9.17, 15) is 24.6 Å². The van der Waals surface area contributed by atoms with Crippen LogP contribution in [0, 0.1) is 16.7 Å². The number of carbonyl (C=O) groups is 3. The highest BCUT2D eigenvalue weighted by atomic mass is 16.6. The number of esters is 1. The Morgan fingerprint density at radius 3 is 2.30 bits per heavy atom. The molecule has 4 aliphatic rings. The van der Waals surface area contributed by atoms with Crippen molar-refractivity contribution >= 4 is 17.8 Å². The SMILES string of the molecule is C=C[C@@]1(C)CC(=O)[C@]2(O)[C@@]3(C)[C@@H](O)CCC(C)(C)[C@@H]3[C@H](OC(=O)CC(C)N3CCCCC3)[C@H](OC(=O)N(CC)CC)[C@@]2(C)O1. The number of rotatable bonds is 8. The summed E-state index contributed by atoms with van der Waals surface area (Å²) in [4.78, 5) is 45.6. The van der Waals surface area contributed by atoms with Gasteiger partial charge in [-0.15, -0.1) is 6.58 Å². The highest BCUT2D eigenvalue weighted by molar-refractivity contribution is 5.92. The van der Waals surface area contributed by atoms with E-state index in [4.69, 9.17) is 14.2 Å². The van der Waals surface area contributed by atoms with Gasteiger partial charge < -0.3 is 34.2 Å². The summed E-state index contributed by atoms with van der Waals surface area (Å²) in [6, 6.07) is -0.0523. The molecule has 4 fully saturated rings. The Labute approximate surface area is 263 Å². The van der Waals surface area contributed by atoms with Gasteiger partial charge in [-0.05, 0) is 78.8 Å². The third kappa shape index (κ3) is 5.41. The van der Waals surface area contributed by atoms with Crippen molar-refractivity contribution < 1.29 is 38.8 Å². The summed E-state index contributed by atoms with van der Waals surface area (Å²) < 4.78 is 19.4. The van der Waals surface area contributed by atoms with Crippen LogP contribution >= 0.6 is 0 Å². The zero-order valence-corrected chi connectivity index (χ0v) is 28.2. The summed E-state index contributed by atoms with van der Waals surface area (Å²) in [6.07, 6.45) is 1.45. The molecule has 1 unspecified atom stereocenters. The number of aliphatic hydroxyl groups is 2. The van der Waals surface area contributed by atoms with Crippen LogP contribution in [0.3, 0.4) is 0 Å². The standard InChI is InChI=1S/C34H56N2O8/c1-10-31(7)21-24(38)34(41)32(8)23(37)16-17-30(5,6)27(32)26(42-25(39)20-22(4)36-18-14-13-15-19-36)28(33(34,9)44-31)43-29(40)35(11-2)12-3/h10,22-23,26-28,37,41H,1,11-21H2,2-9H3/t22?,23-,26-,27-,28-,31-,32-,33+,34-/m0/s1. The van der Waals surface area contributed by atoms with Gasteiger partial charge in [-0.25, -0.2) is 4.79 Å². The fourth-order valence-electron chi connectivity index (χ4n) is 9.16. The maximum atomic E-state index is 14.3. The van der Waals surface area contributed by atoms with Crippen molar-refractivity contribution in [1.29, 1.82) is 0 Å². The minimum absolute atomic E-state index is 0.0523. The quantitative estimate of drug-likeness (QED) is 0.303. The third-order valence-corrected chi connectivity index (χ3v) is 11.7. The van der Waals surface area contributed by atoms with Crippen molar-refractivity contribution in [3.05, 3.63) is 12.7 Å². The molecule has 4 rings (SSSR count). The van der Waals surface area contributed by atoms with Crippen LogP contribution in [0.25, 0.3) is 0 Å². The van der Waals surface area contributed by atoms with Crippen molar-refractivity contribution in [2.75, 3.05) is 26.2 Å². The average Bonchev–Trinajstić information content (AvgIpc) is 2.96. The van der Waals surface area contributed by atoms with E-state index >= 15 is 0 Å². The van der Waals surface area contributed by atoms with Crippen LogP contribution in [0.5, 0.6) is 0 Å². The van der Waals surface area contributed by atoms with Gasteiger partial charge in [-0.3, -0.25) is 9.59 Å². The Bertz CT molecular complexity index is 1120. The molecule has 250 valence electrons. The van der Waals surface area contributed by atoms with E-state index in [1.165, 1.54) is 17.4 Å². The van der Waals surface area contributed by atoms with E-state index in [1.54, 1.807) is 20.8 Å². The predicted molar refractivity (Wildman–Crippen MR) is 166 cm³/mol. The van der Waals surface area contributed by atoms with Gasteiger partial charge in [0.05, 0.1) is 18.1 Å². The second kappa shape index (κ2) is 12.3. The van der Waals surface area contributed by atoms with Gasteiger partial charge in [0.1, 0.15) is 11.7 Å². The second-order valence-electron chi connectivity index (χ2n) is 14.9. The van der Waals surface area contributed by atoms with Crippen LogP contribution in [0.4, 0.5) is 4.79 Å². The smallest absolute Gasteiger partial charge is 0.410 e. The summed E-state index contributed by atoms with van der Waals surface area (Å²) in [5, 5.41) is 24.7. The first-order valence-corrected chi connectivity index (χ1v) is 16.6. The molecule has 0 radical (unpaired) electrons. The van der Waals surface area contributed by atoms with Crippen LogP contribution < -0.4 is 0 Å². The molecule has 9 atom stereocenters. The number of aliphatic hydroxyl groups excluding tert-OH is 1. The lowest BCUT2D eigenvalue weighted by Crippen LogP contribution is -2.87. The first-order valence-electron chi connectivity index (χ1n) is 16.6. The number of hydrogen-bond donors (Lipinski definition) is 2. The molecule has 0 aromatic rings. The minimum atomic E-state index is -2.28. The molecular weight excluding hydrogens is 564 g/mol. The van der Waals surface area contributed by atoms with Gasteiger partial charge in [-0.2, -0.15) is 0 Å². The number of amides is 1. The molecule has 0 bridgehead atoms. The maximum absolute atomic E-state index is 14.3. The largest absolute Gasteiger partial charge is 0.458 e. The zero-order valence-electron chi connectivity index (χ0n) is 28.2. The summed E-state index contributed by atoms with van der Waals surface area (Å²) in [5.74, 6) is -1.73. The normalized spacial score (nSPS) is 41.1. The molecule has 0 aromatic carbocycles. The number of carbonyl (C=O) groups excluding carboxylic acids is 3. The van der Waals surface area contributed by atoms with Crippen LogP contribution in [0.2, 0.25) is 0 Å². The lowest BCUT2D eigenvalue weighted by Gasteiger charge is -2.71. The number of nitrogens with zero attached hydrogens (tertiary/aromatic N) is 2. The fraction of sp³-hybridized carbons (Fsp3) is 0.853. The Morgan fingerprint density at radius 2 is 1.73 bits per heavy atom. The first-order chi connectivity index (χ1) is 20.5. The fourth-order valence-corrected chi connectivity index (χ4v) is 9.16. The summed E-state index contributed by atoms with van der Waals surface area (Å²) >= 11 is 0. The van der Waals surface area contributed by atoms with Crippen molar-refractivity contribution in [3.63, 3.8) is 0 Å². The monoisotopic (exact) mass is 620 g/mol. The van der Waals surface area contributed by atoms with Crippen LogP contribution in [-0.4, -0.2) is 105 Å². The van der Waals surface area contributed by atoms with Gasteiger partial charge in [0.25, 0.3) is 0 Å². The van der Waals surface area contributed by atoms with Crippen molar-refractivity contribution in [2.24, 2.45) is 16.7 Å². The van der Waals surface area contributed by atoms with Gasteiger partial charge in [-0.1, -0.05) is 33.3 Å². The van der Waals surface area contributed by atoms with E-state index in [0.29, 0.717) is 25.9 Å². The first kappa shape index (κ1) is 34.9. The average molecular weight is 621 g/mol. The van der Waals surface area contributed by atoms with Crippen molar-refractivity contribution in [1.82, 2.24) is 9.80 Å². The molecule has 10 heteroatoms. The van der Waals surface area contributed by atoms with E-state index in [0.717, 1.165) is 25.9 Å². The molecule has 2 aliphatic carbocycles. The predicted octanol–water partition coefficient (Wildman–Crippen LogP) is 4.25. The number of ether oxygens (including phenoxy) is 3. The molecule has 1 amide bonds. The van der Waals surface area contributed by atoms with E-state index < -0.39 is 69.7 Å². The molecule has 2 heterocycles. The molecular formula is C34H56N2O8. The maximum Gasteiger partial charge on any atom is 0.410 e. The summed E-state index contributed by atoms with van der Waals surface area (Å²) in [6.45, 7) is 21.1. The molecule has 2 saturated carbocycles. The Balaban J connectivity index is 1.88. The van der Waals surface area contributed by atoms with Crippen molar-refractivity contribution in [3.8, 4) is 0 Å². The van der Waals surface area contributed by atoms with Gasteiger partial charge in [0.2, 0.25) is 0 Å². The van der Waals surface area contributed by atoms with Crippen LogP contribution in [0.15, 0.2) is 12.7 Å². The molecule has 10 nitrogen and oxygen atoms in total. The van der Waals surface area contributed by atoms with Crippen LogP contribution in [-0.2, 0) is 23.8 Å². The molecule has 2 saturated heterocycles. The third-order valence-electron chi connectivity index (χ3n) is 11.7. The minimum Gasteiger partial charge on any atom is -0.458 e. The van der Waals surface area contributed by atoms with E-state index in [-0.39, 0.29) is 18.9 Å². The number of piperidine rings is 1. The molecule has 2 aliphatic heterocycles. The number of likely N-dealkylation sites (tertiary alicyclic amines) is 1. The number of fused-ring (bicyclic) bond motifs is 3. The lowest BCUT2D eigenvalue weighted by molar-refractivity contribution is -0.369. The molecule has 2 N–H and O–H groups in total. The molecule has 0 spiro atoms. The van der Waals surface area contributed by atoms with Crippen molar-refractivity contribution in [2.45, 2.75) is 141 Å². The summed E-state index contributed by atoms with van der Waals surface area (Å²) in [5.41, 5.74) is -7.48. The Morgan fingerprint density at radius 1 is 1.11 bits per heavy atom. The number of hydrogen-bond acceptors (Lipinski definition) is 9.